The quantitative estimate of drug-likeness (QED) is 0.325. The Kier molecular flexibility index (Phi) is 5.49. The number of hydrogen-bond donors (Lipinski definition) is 1. The molecule has 0 fully saturated rings. The first-order chi connectivity index (χ1) is 15.8. The van der Waals surface area contributed by atoms with Crippen molar-refractivity contribution in [2.45, 2.75) is 13.5 Å². The van der Waals surface area contributed by atoms with E-state index in [4.69, 9.17) is 9.15 Å². The van der Waals surface area contributed by atoms with Crippen LogP contribution in [0.25, 0.3) is 22.3 Å². The van der Waals surface area contributed by atoms with Crippen LogP contribution in [0.15, 0.2) is 69.9 Å². The Labute approximate surface area is 185 Å². The number of ether oxygens (including phenoxy) is 1. The summed E-state index contributed by atoms with van der Waals surface area (Å²) < 4.78 is 11.1. The lowest BCUT2D eigenvalue weighted by atomic mass is 10.1. The summed E-state index contributed by atoms with van der Waals surface area (Å²) in [6, 6.07) is 15.4. The number of hydrogen-bond acceptors (Lipinski definition) is 8. The minimum atomic E-state index is -0.884. The van der Waals surface area contributed by atoms with E-state index in [2.05, 4.69) is 0 Å². The fourth-order valence-corrected chi connectivity index (χ4v) is 3.40. The van der Waals surface area contributed by atoms with E-state index in [0.717, 1.165) is 11.6 Å². The molecule has 1 aromatic heterocycles. The molecule has 0 spiro atoms. The van der Waals surface area contributed by atoms with Crippen molar-refractivity contribution < 1.29 is 24.1 Å². The lowest BCUT2D eigenvalue weighted by Crippen LogP contribution is -2.05. The molecule has 0 saturated carbocycles. The van der Waals surface area contributed by atoms with Crippen LogP contribution in [0, 0.1) is 27.2 Å². The zero-order valence-electron chi connectivity index (χ0n) is 17.2. The number of rotatable bonds is 6. The summed E-state index contributed by atoms with van der Waals surface area (Å²) in [6.07, 6.45) is 0. The second-order valence-corrected chi connectivity index (χ2v) is 7.24. The van der Waals surface area contributed by atoms with Gasteiger partial charge >= 0.3 is 11.4 Å². The number of nitro groups is 2. The van der Waals surface area contributed by atoms with Gasteiger partial charge in [0.15, 0.2) is 11.5 Å². The van der Waals surface area contributed by atoms with Crippen LogP contribution in [-0.2, 0) is 6.61 Å². The average molecular weight is 448 g/mol. The minimum absolute atomic E-state index is 0.0138. The van der Waals surface area contributed by atoms with Gasteiger partial charge in [0.2, 0.25) is 16.8 Å². The lowest BCUT2D eigenvalue weighted by molar-refractivity contribution is -0.385. The molecule has 0 amide bonds. The molecule has 166 valence electrons. The molecule has 4 rings (SSSR count). The largest absolute Gasteiger partial charge is 0.502 e. The standard InChI is InChI=1S/C23H16N2O8/c1-13-9-16-20(26)21(27)22(33-23(16)18(10-13)25(30)31)15-7-8-19(17(11-15)24(28)29)32-12-14-5-3-2-4-6-14/h2-11,27H,12H2,1H3. The van der Waals surface area contributed by atoms with E-state index in [9.17, 15) is 30.1 Å². The van der Waals surface area contributed by atoms with Crippen molar-refractivity contribution >= 4 is 22.3 Å². The predicted octanol–water partition coefficient (Wildman–Crippen LogP) is 4.87. The molecule has 0 saturated heterocycles. The number of fused-ring (bicyclic) bond motifs is 1. The zero-order valence-corrected chi connectivity index (χ0v) is 17.2. The molecule has 0 aliphatic rings. The smallest absolute Gasteiger partial charge is 0.312 e. The fraction of sp³-hybridized carbons (Fsp3) is 0.0870. The Morgan fingerprint density at radius 3 is 2.33 bits per heavy atom. The Balaban J connectivity index is 1.83. The summed E-state index contributed by atoms with van der Waals surface area (Å²) in [5, 5.41) is 33.4. The van der Waals surface area contributed by atoms with Crippen molar-refractivity contribution in [3.8, 4) is 22.8 Å². The van der Waals surface area contributed by atoms with Gasteiger partial charge in [0.1, 0.15) is 6.61 Å². The van der Waals surface area contributed by atoms with E-state index < -0.39 is 38.2 Å². The topological polar surface area (TPSA) is 146 Å². The third kappa shape index (κ3) is 4.09. The normalized spacial score (nSPS) is 10.8. The fourth-order valence-electron chi connectivity index (χ4n) is 3.40. The molecule has 0 bridgehead atoms. The van der Waals surface area contributed by atoms with Crippen molar-refractivity contribution in [2.24, 2.45) is 0 Å². The highest BCUT2D eigenvalue weighted by molar-refractivity contribution is 5.89. The van der Waals surface area contributed by atoms with Gasteiger partial charge in [-0.05, 0) is 36.2 Å². The van der Waals surface area contributed by atoms with Crippen molar-refractivity contribution in [1.29, 1.82) is 0 Å². The summed E-state index contributed by atoms with van der Waals surface area (Å²) >= 11 is 0. The Morgan fingerprint density at radius 2 is 1.67 bits per heavy atom. The number of non-ortho nitro benzene ring substituents is 1. The van der Waals surface area contributed by atoms with Crippen LogP contribution in [-0.4, -0.2) is 15.0 Å². The van der Waals surface area contributed by atoms with Crippen molar-refractivity contribution in [2.75, 3.05) is 0 Å². The number of nitrogens with zero attached hydrogens (tertiary/aromatic N) is 2. The van der Waals surface area contributed by atoms with Crippen LogP contribution >= 0.6 is 0 Å². The molecule has 3 aromatic carbocycles. The molecule has 0 unspecified atom stereocenters. The van der Waals surface area contributed by atoms with Crippen LogP contribution in [0.2, 0.25) is 0 Å². The van der Waals surface area contributed by atoms with Crippen molar-refractivity contribution in [1.82, 2.24) is 0 Å². The maximum atomic E-state index is 12.7. The Bertz CT molecular complexity index is 1460. The third-order valence-electron chi connectivity index (χ3n) is 4.94. The molecule has 4 aromatic rings. The first-order valence-corrected chi connectivity index (χ1v) is 9.66. The Hall–Kier alpha value is -4.73. The maximum absolute atomic E-state index is 12.7. The van der Waals surface area contributed by atoms with Crippen LogP contribution in [0.4, 0.5) is 11.4 Å². The van der Waals surface area contributed by atoms with Gasteiger partial charge in [-0.1, -0.05) is 30.3 Å². The third-order valence-corrected chi connectivity index (χ3v) is 4.94. The van der Waals surface area contributed by atoms with E-state index >= 15 is 0 Å². The van der Waals surface area contributed by atoms with Crippen LogP contribution in [0.5, 0.6) is 11.5 Å². The zero-order chi connectivity index (χ0) is 23.7. The minimum Gasteiger partial charge on any atom is -0.502 e. The van der Waals surface area contributed by atoms with Crippen LogP contribution in [0.3, 0.4) is 0 Å². The van der Waals surface area contributed by atoms with Gasteiger partial charge in [-0.2, -0.15) is 0 Å². The lowest BCUT2D eigenvalue weighted by Gasteiger charge is -2.10. The highest BCUT2D eigenvalue weighted by Gasteiger charge is 2.25. The molecule has 0 atom stereocenters. The SMILES string of the molecule is Cc1cc([N+](=O)[O-])c2oc(-c3ccc(OCc4ccccc4)c([N+](=O)[O-])c3)c(O)c(=O)c2c1. The molecular formula is C23H16N2O8. The number of aryl methyl sites for hydroxylation is 1. The summed E-state index contributed by atoms with van der Waals surface area (Å²) in [4.78, 5) is 34.4. The molecule has 0 aliphatic heterocycles. The molecular weight excluding hydrogens is 432 g/mol. The molecule has 0 aliphatic carbocycles. The van der Waals surface area contributed by atoms with E-state index in [0.29, 0.717) is 5.56 Å². The Morgan fingerprint density at radius 1 is 0.970 bits per heavy atom. The first-order valence-electron chi connectivity index (χ1n) is 9.66. The van der Waals surface area contributed by atoms with Gasteiger partial charge < -0.3 is 14.3 Å². The van der Waals surface area contributed by atoms with Crippen molar-refractivity contribution in [3.63, 3.8) is 0 Å². The number of aromatic hydroxyl groups is 1. The van der Waals surface area contributed by atoms with E-state index in [1.807, 2.05) is 6.07 Å². The van der Waals surface area contributed by atoms with E-state index in [-0.39, 0.29) is 28.9 Å². The molecule has 1 N–H and O–H groups in total. The van der Waals surface area contributed by atoms with Gasteiger partial charge in [0.05, 0.1) is 15.2 Å². The molecule has 33 heavy (non-hydrogen) atoms. The van der Waals surface area contributed by atoms with E-state index in [1.165, 1.54) is 24.3 Å². The highest BCUT2D eigenvalue weighted by Crippen LogP contribution is 2.38. The van der Waals surface area contributed by atoms with Crippen molar-refractivity contribution in [3.05, 3.63) is 102 Å². The van der Waals surface area contributed by atoms with E-state index in [1.54, 1.807) is 31.2 Å². The summed E-state index contributed by atoms with van der Waals surface area (Å²) in [7, 11) is 0. The monoisotopic (exact) mass is 448 g/mol. The average Bonchev–Trinajstić information content (AvgIpc) is 2.80. The second-order valence-electron chi connectivity index (χ2n) is 7.24. The molecule has 1 heterocycles. The summed E-state index contributed by atoms with van der Waals surface area (Å²) in [6.45, 7) is 1.65. The summed E-state index contributed by atoms with van der Waals surface area (Å²) in [5.74, 6) is -1.26. The highest BCUT2D eigenvalue weighted by atomic mass is 16.6. The molecule has 10 nitrogen and oxygen atoms in total. The predicted molar refractivity (Wildman–Crippen MR) is 118 cm³/mol. The van der Waals surface area contributed by atoms with Gasteiger partial charge in [-0.3, -0.25) is 25.0 Å². The van der Waals surface area contributed by atoms with Crippen LogP contribution in [0.1, 0.15) is 11.1 Å². The molecule has 0 radical (unpaired) electrons. The van der Waals surface area contributed by atoms with Gasteiger partial charge in [0.25, 0.3) is 0 Å². The summed E-state index contributed by atoms with van der Waals surface area (Å²) in [5.41, 5.74) is -0.883. The molecule has 10 heteroatoms. The maximum Gasteiger partial charge on any atom is 0.312 e. The van der Waals surface area contributed by atoms with Crippen LogP contribution < -0.4 is 10.2 Å². The number of nitro benzene ring substituents is 2. The first kappa shape index (κ1) is 21.5. The second kappa shape index (κ2) is 8.42. The van der Waals surface area contributed by atoms with Gasteiger partial charge in [-0.15, -0.1) is 0 Å². The van der Waals surface area contributed by atoms with Gasteiger partial charge in [-0.25, -0.2) is 0 Å². The van der Waals surface area contributed by atoms with Gasteiger partial charge in [0, 0.05) is 17.7 Å². The number of benzene rings is 3.